The lowest BCUT2D eigenvalue weighted by Gasteiger charge is -2.37. The van der Waals surface area contributed by atoms with Gasteiger partial charge in [0, 0.05) is 35.4 Å². The molecule has 5 rings (SSSR count). The molecule has 1 aromatic carbocycles. The molecule has 1 aromatic heterocycles. The van der Waals surface area contributed by atoms with E-state index >= 15 is 0 Å². The van der Waals surface area contributed by atoms with Crippen LogP contribution >= 0.6 is 11.8 Å². The van der Waals surface area contributed by atoms with Crippen molar-refractivity contribution in [2.45, 2.75) is 51.5 Å². The standard InChI is InChI=1S/C24H26N2OS/c1-17-25-22(16-27-17)19-9-7-18(8-10-19)15-20-11-13-26(21-5-3-2-4-6-21)23-12-14-28-24(20)23/h7-13,16,21H,2-6,14-15H2,1H3. The Morgan fingerprint density at radius 2 is 1.96 bits per heavy atom. The van der Waals surface area contributed by atoms with Gasteiger partial charge in [-0.15, -0.1) is 11.8 Å². The van der Waals surface area contributed by atoms with Gasteiger partial charge in [-0.05, 0) is 42.6 Å². The van der Waals surface area contributed by atoms with Gasteiger partial charge < -0.3 is 9.32 Å². The van der Waals surface area contributed by atoms with Crippen molar-refractivity contribution < 1.29 is 4.42 Å². The van der Waals surface area contributed by atoms with Crippen LogP contribution in [0.4, 0.5) is 0 Å². The van der Waals surface area contributed by atoms with Crippen molar-refractivity contribution in [3.05, 3.63) is 76.5 Å². The van der Waals surface area contributed by atoms with Crippen LogP contribution in [0.15, 0.2) is 69.5 Å². The summed E-state index contributed by atoms with van der Waals surface area (Å²) in [6, 6.07) is 9.43. The van der Waals surface area contributed by atoms with Crippen LogP contribution in [0.2, 0.25) is 0 Å². The minimum Gasteiger partial charge on any atom is -0.449 e. The Bertz CT molecular complexity index is 945. The Kier molecular flexibility index (Phi) is 4.89. The van der Waals surface area contributed by atoms with E-state index in [1.165, 1.54) is 53.8 Å². The average Bonchev–Trinajstić information content (AvgIpc) is 3.39. The molecule has 1 aliphatic carbocycles. The smallest absolute Gasteiger partial charge is 0.191 e. The first kappa shape index (κ1) is 17.9. The van der Waals surface area contributed by atoms with Gasteiger partial charge in [-0.2, -0.15) is 0 Å². The first-order chi connectivity index (χ1) is 13.8. The molecule has 0 radical (unpaired) electrons. The van der Waals surface area contributed by atoms with E-state index in [0.29, 0.717) is 11.9 Å². The summed E-state index contributed by atoms with van der Waals surface area (Å²) in [7, 11) is 0. The van der Waals surface area contributed by atoms with Crippen molar-refractivity contribution in [2.75, 3.05) is 5.75 Å². The highest BCUT2D eigenvalue weighted by atomic mass is 32.2. The Morgan fingerprint density at radius 3 is 2.71 bits per heavy atom. The first-order valence-electron chi connectivity index (χ1n) is 10.3. The topological polar surface area (TPSA) is 29.3 Å². The van der Waals surface area contributed by atoms with Crippen LogP contribution in [0.5, 0.6) is 0 Å². The minimum atomic E-state index is 0.691. The van der Waals surface area contributed by atoms with E-state index in [0.717, 1.165) is 23.4 Å². The lowest BCUT2D eigenvalue weighted by Crippen LogP contribution is -2.33. The molecule has 0 spiro atoms. The number of thioether (sulfide) groups is 1. The van der Waals surface area contributed by atoms with Crippen molar-refractivity contribution in [1.29, 1.82) is 0 Å². The van der Waals surface area contributed by atoms with Crippen molar-refractivity contribution in [3.8, 4) is 11.3 Å². The normalized spacial score (nSPS) is 19.9. The molecule has 0 saturated heterocycles. The van der Waals surface area contributed by atoms with Gasteiger partial charge >= 0.3 is 0 Å². The van der Waals surface area contributed by atoms with Crippen LogP contribution in [0.25, 0.3) is 11.3 Å². The van der Waals surface area contributed by atoms with Crippen molar-refractivity contribution in [1.82, 2.24) is 9.88 Å². The molecule has 28 heavy (non-hydrogen) atoms. The third-order valence-electron chi connectivity index (χ3n) is 5.97. The number of nitrogens with zero attached hydrogens (tertiary/aromatic N) is 2. The van der Waals surface area contributed by atoms with Crippen LogP contribution in [0, 0.1) is 6.92 Å². The molecule has 1 saturated carbocycles. The van der Waals surface area contributed by atoms with Crippen molar-refractivity contribution >= 4 is 11.8 Å². The summed E-state index contributed by atoms with van der Waals surface area (Å²) in [5.74, 6) is 1.81. The second-order valence-electron chi connectivity index (χ2n) is 7.90. The fourth-order valence-corrected chi connectivity index (χ4v) is 5.57. The molecule has 0 atom stereocenters. The lowest BCUT2D eigenvalue weighted by molar-refractivity contribution is 0.263. The van der Waals surface area contributed by atoms with Gasteiger partial charge in [0.25, 0.3) is 0 Å². The first-order valence-corrected chi connectivity index (χ1v) is 11.3. The van der Waals surface area contributed by atoms with Gasteiger partial charge in [-0.3, -0.25) is 0 Å². The maximum Gasteiger partial charge on any atom is 0.191 e. The molecule has 144 valence electrons. The average molecular weight is 391 g/mol. The maximum atomic E-state index is 5.34. The maximum absolute atomic E-state index is 5.34. The van der Waals surface area contributed by atoms with Crippen LogP contribution in [0.1, 0.15) is 43.6 Å². The molecule has 0 bridgehead atoms. The zero-order valence-electron chi connectivity index (χ0n) is 16.4. The highest BCUT2D eigenvalue weighted by Gasteiger charge is 2.29. The second-order valence-corrected chi connectivity index (χ2v) is 8.93. The van der Waals surface area contributed by atoms with Gasteiger partial charge in [-0.1, -0.05) is 43.5 Å². The van der Waals surface area contributed by atoms with Crippen molar-refractivity contribution in [3.63, 3.8) is 0 Å². The van der Waals surface area contributed by atoms with E-state index in [2.05, 4.69) is 52.5 Å². The molecule has 2 aliphatic heterocycles. The fraction of sp³-hybridized carbons (Fsp3) is 0.375. The number of fused-ring (bicyclic) bond motifs is 1. The number of allylic oxidation sites excluding steroid dienone is 2. The number of hydrogen-bond acceptors (Lipinski definition) is 4. The zero-order chi connectivity index (χ0) is 18.9. The molecule has 3 heterocycles. The summed E-state index contributed by atoms with van der Waals surface area (Å²) >= 11 is 2.00. The van der Waals surface area contributed by atoms with Crippen LogP contribution in [-0.2, 0) is 6.42 Å². The number of aryl methyl sites for hydroxylation is 1. The van der Waals surface area contributed by atoms with Gasteiger partial charge in [0.2, 0.25) is 0 Å². The predicted octanol–water partition coefficient (Wildman–Crippen LogP) is 6.24. The second kappa shape index (κ2) is 7.67. The predicted molar refractivity (Wildman–Crippen MR) is 116 cm³/mol. The molecule has 3 nitrogen and oxygen atoms in total. The molecule has 0 amide bonds. The van der Waals surface area contributed by atoms with Gasteiger partial charge in [0.15, 0.2) is 5.89 Å². The summed E-state index contributed by atoms with van der Waals surface area (Å²) in [6.07, 6.45) is 16.6. The largest absolute Gasteiger partial charge is 0.449 e. The quantitative estimate of drug-likeness (QED) is 0.618. The number of oxazole rings is 1. The van der Waals surface area contributed by atoms with E-state index < -0.39 is 0 Å². The van der Waals surface area contributed by atoms with Gasteiger partial charge in [-0.25, -0.2) is 4.98 Å². The summed E-state index contributed by atoms with van der Waals surface area (Å²) in [5.41, 5.74) is 6.27. The molecule has 0 unspecified atom stereocenters. The SMILES string of the molecule is Cc1nc(-c2ccc(CC3=C4SCC=C4N(C4CCCCC4)C=C3)cc2)co1. The third kappa shape index (κ3) is 3.46. The van der Waals surface area contributed by atoms with E-state index in [9.17, 15) is 0 Å². The van der Waals surface area contributed by atoms with Crippen molar-refractivity contribution in [2.24, 2.45) is 0 Å². The molecule has 2 aromatic rings. The summed E-state index contributed by atoms with van der Waals surface area (Å²) in [4.78, 5) is 8.47. The molecule has 1 fully saturated rings. The van der Waals surface area contributed by atoms with E-state index in [-0.39, 0.29) is 0 Å². The number of benzene rings is 1. The Hall–Kier alpha value is -2.20. The highest BCUT2D eigenvalue weighted by Crippen LogP contribution is 2.42. The van der Waals surface area contributed by atoms with E-state index in [4.69, 9.17) is 4.42 Å². The highest BCUT2D eigenvalue weighted by molar-refractivity contribution is 8.03. The summed E-state index contributed by atoms with van der Waals surface area (Å²) in [5, 5.41) is 0. The molecule has 3 aliphatic rings. The van der Waals surface area contributed by atoms with Gasteiger partial charge in [0.05, 0.1) is 5.70 Å². The van der Waals surface area contributed by atoms with Crippen LogP contribution in [-0.4, -0.2) is 21.7 Å². The van der Waals surface area contributed by atoms with Crippen LogP contribution < -0.4 is 0 Å². The molecular weight excluding hydrogens is 364 g/mol. The monoisotopic (exact) mass is 390 g/mol. The number of rotatable bonds is 4. The van der Waals surface area contributed by atoms with E-state index in [1.807, 2.05) is 18.7 Å². The minimum absolute atomic E-state index is 0.691. The fourth-order valence-electron chi connectivity index (χ4n) is 4.50. The molecule has 0 N–H and O–H groups in total. The Labute approximate surface area is 171 Å². The summed E-state index contributed by atoms with van der Waals surface area (Å²) < 4.78 is 5.34. The Morgan fingerprint density at radius 1 is 1.14 bits per heavy atom. The zero-order valence-corrected chi connectivity index (χ0v) is 17.2. The lowest BCUT2D eigenvalue weighted by atomic mass is 9.92. The number of hydrogen-bond donors (Lipinski definition) is 0. The van der Waals surface area contributed by atoms with E-state index in [1.54, 1.807) is 6.26 Å². The molecule has 4 heteroatoms. The Balaban J connectivity index is 1.34. The number of aromatic nitrogens is 1. The summed E-state index contributed by atoms with van der Waals surface area (Å²) in [6.45, 7) is 1.88. The van der Waals surface area contributed by atoms with Crippen LogP contribution in [0.3, 0.4) is 0 Å². The molecular formula is C24H26N2OS. The third-order valence-corrected chi connectivity index (χ3v) is 7.07. The van der Waals surface area contributed by atoms with Gasteiger partial charge in [0.1, 0.15) is 12.0 Å².